The predicted molar refractivity (Wildman–Crippen MR) is 71.5 cm³/mol. The van der Waals surface area contributed by atoms with Crippen molar-refractivity contribution < 1.29 is 4.79 Å². The molecule has 0 saturated heterocycles. The zero-order valence-electron chi connectivity index (χ0n) is 9.51. The molecule has 2 heterocycles. The van der Waals surface area contributed by atoms with Crippen LogP contribution in [0.5, 0.6) is 0 Å². The number of amides is 1. The van der Waals surface area contributed by atoms with Gasteiger partial charge in [0.15, 0.2) is 0 Å². The summed E-state index contributed by atoms with van der Waals surface area (Å²) in [5, 5.41) is 11.0. The quantitative estimate of drug-likeness (QED) is 0.850. The molecule has 0 bridgehead atoms. The van der Waals surface area contributed by atoms with Gasteiger partial charge in [0, 0.05) is 19.3 Å². The van der Waals surface area contributed by atoms with Crippen LogP contribution in [0.1, 0.15) is 5.69 Å². The summed E-state index contributed by atoms with van der Waals surface area (Å²) in [5.74, 6) is 0.571. The molecule has 0 atom stereocenters. The van der Waals surface area contributed by atoms with Crippen molar-refractivity contribution in [1.29, 1.82) is 0 Å². The Bertz CT molecular complexity index is 545. The molecule has 0 fully saturated rings. The molecule has 2 rings (SSSR count). The Morgan fingerprint density at radius 1 is 1.59 bits per heavy atom. The van der Waals surface area contributed by atoms with Gasteiger partial charge >= 0.3 is 0 Å². The van der Waals surface area contributed by atoms with Crippen molar-refractivity contribution in [2.75, 3.05) is 5.32 Å². The van der Waals surface area contributed by atoms with Gasteiger partial charge in [-0.15, -0.1) is 0 Å². The third kappa shape index (κ3) is 3.05. The lowest BCUT2D eigenvalue weighted by atomic mass is 10.4. The Kier molecular flexibility index (Phi) is 3.46. The second-order valence-corrected chi connectivity index (χ2v) is 4.94. The highest BCUT2D eigenvalue weighted by molar-refractivity contribution is 14.1. The molecule has 0 unspecified atom stereocenters. The van der Waals surface area contributed by atoms with Crippen LogP contribution in [0.4, 0.5) is 5.82 Å². The highest BCUT2D eigenvalue weighted by Gasteiger charge is 2.08. The molecule has 0 spiro atoms. The van der Waals surface area contributed by atoms with Crippen molar-refractivity contribution in [3.05, 3.63) is 27.7 Å². The number of nitrogens with one attached hydrogen (secondary N) is 1. The van der Waals surface area contributed by atoms with E-state index >= 15 is 0 Å². The molecular weight excluding hydrogens is 333 g/mol. The normalized spacial score (nSPS) is 10.5. The van der Waals surface area contributed by atoms with E-state index in [1.807, 2.05) is 19.2 Å². The Balaban J connectivity index is 2.00. The molecule has 0 aromatic carbocycles. The van der Waals surface area contributed by atoms with Gasteiger partial charge in [0.25, 0.3) is 0 Å². The van der Waals surface area contributed by atoms with Crippen molar-refractivity contribution in [2.45, 2.75) is 13.5 Å². The standard InChI is InChI=1S/C10H12IN5O/c1-7-3-9(15(2)14-7)13-10(17)6-16-5-8(11)4-12-16/h3-5H,6H2,1-2H3,(H,13,17). The summed E-state index contributed by atoms with van der Waals surface area (Å²) in [6.07, 6.45) is 3.52. The number of rotatable bonds is 3. The Hall–Kier alpha value is -1.38. The van der Waals surface area contributed by atoms with Gasteiger partial charge in [-0.1, -0.05) is 0 Å². The summed E-state index contributed by atoms with van der Waals surface area (Å²) in [4.78, 5) is 11.7. The number of anilines is 1. The third-order valence-electron chi connectivity index (χ3n) is 2.18. The monoisotopic (exact) mass is 345 g/mol. The maximum Gasteiger partial charge on any atom is 0.247 e. The van der Waals surface area contributed by atoms with Crippen molar-refractivity contribution >= 4 is 34.3 Å². The number of carbonyl (C=O) groups is 1. The molecule has 0 aliphatic heterocycles. The predicted octanol–water partition coefficient (Wildman–Crippen LogP) is 1.17. The number of hydrogen-bond acceptors (Lipinski definition) is 3. The number of hydrogen-bond donors (Lipinski definition) is 1. The Morgan fingerprint density at radius 3 is 2.88 bits per heavy atom. The number of carbonyl (C=O) groups excluding carboxylic acids is 1. The fraction of sp³-hybridized carbons (Fsp3) is 0.300. The summed E-state index contributed by atoms with van der Waals surface area (Å²) < 4.78 is 4.24. The molecule has 1 N–H and O–H groups in total. The van der Waals surface area contributed by atoms with Crippen LogP contribution in [-0.2, 0) is 18.4 Å². The number of halogens is 1. The zero-order chi connectivity index (χ0) is 12.4. The molecule has 0 radical (unpaired) electrons. The van der Waals surface area contributed by atoms with Crippen LogP contribution in [0, 0.1) is 10.5 Å². The summed E-state index contributed by atoms with van der Waals surface area (Å²) in [7, 11) is 1.79. The molecule has 2 aromatic rings. The minimum absolute atomic E-state index is 0.118. The molecule has 0 aliphatic rings. The second-order valence-electron chi connectivity index (χ2n) is 3.70. The van der Waals surface area contributed by atoms with Gasteiger partial charge in [-0.2, -0.15) is 10.2 Å². The van der Waals surface area contributed by atoms with Crippen LogP contribution in [0.3, 0.4) is 0 Å². The zero-order valence-corrected chi connectivity index (χ0v) is 11.7. The van der Waals surface area contributed by atoms with E-state index in [9.17, 15) is 4.79 Å². The van der Waals surface area contributed by atoms with Gasteiger partial charge in [-0.3, -0.25) is 14.2 Å². The van der Waals surface area contributed by atoms with Gasteiger partial charge in [-0.25, -0.2) is 0 Å². The van der Waals surface area contributed by atoms with Crippen molar-refractivity contribution in [2.24, 2.45) is 7.05 Å². The first kappa shape index (κ1) is 12.1. The number of nitrogens with zero attached hydrogens (tertiary/aromatic N) is 4. The molecule has 1 amide bonds. The average molecular weight is 345 g/mol. The minimum Gasteiger partial charge on any atom is -0.309 e. The highest BCUT2D eigenvalue weighted by Crippen LogP contribution is 2.08. The van der Waals surface area contributed by atoms with E-state index in [2.05, 4.69) is 38.1 Å². The first-order valence-electron chi connectivity index (χ1n) is 5.03. The molecule has 7 heteroatoms. The van der Waals surface area contributed by atoms with E-state index < -0.39 is 0 Å². The molecule has 0 saturated carbocycles. The molecule has 2 aromatic heterocycles. The summed E-state index contributed by atoms with van der Waals surface area (Å²) in [6, 6.07) is 1.82. The number of aromatic nitrogens is 4. The third-order valence-corrected chi connectivity index (χ3v) is 2.73. The average Bonchev–Trinajstić information content (AvgIpc) is 2.74. The van der Waals surface area contributed by atoms with Gasteiger partial charge in [0.05, 0.1) is 15.5 Å². The fourth-order valence-electron chi connectivity index (χ4n) is 1.48. The van der Waals surface area contributed by atoms with E-state index in [4.69, 9.17) is 0 Å². The van der Waals surface area contributed by atoms with Crippen LogP contribution in [-0.4, -0.2) is 25.5 Å². The topological polar surface area (TPSA) is 64.7 Å². The first-order chi connectivity index (χ1) is 8.04. The fourth-order valence-corrected chi connectivity index (χ4v) is 1.93. The maximum atomic E-state index is 11.7. The molecule has 90 valence electrons. The van der Waals surface area contributed by atoms with Crippen molar-refractivity contribution in [3.8, 4) is 0 Å². The van der Waals surface area contributed by atoms with E-state index in [1.165, 1.54) is 0 Å². The second kappa shape index (κ2) is 4.86. The SMILES string of the molecule is Cc1cc(NC(=O)Cn2cc(I)cn2)n(C)n1. The molecular formula is C10H12IN5O. The molecule has 6 nitrogen and oxygen atoms in total. The molecule has 0 aliphatic carbocycles. The molecule has 17 heavy (non-hydrogen) atoms. The van der Waals surface area contributed by atoms with Crippen molar-refractivity contribution in [3.63, 3.8) is 0 Å². The van der Waals surface area contributed by atoms with Gasteiger partial charge in [-0.05, 0) is 29.5 Å². The lowest BCUT2D eigenvalue weighted by molar-refractivity contribution is -0.116. The Morgan fingerprint density at radius 2 is 2.35 bits per heavy atom. The largest absolute Gasteiger partial charge is 0.309 e. The van der Waals surface area contributed by atoms with E-state index in [0.717, 1.165) is 9.26 Å². The smallest absolute Gasteiger partial charge is 0.247 e. The van der Waals surface area contributed by atoms with Gasteiger partial charge < -0.3 is 5.32 Å². The van der Waals surface area contributed by atoms with Gasteiger partial charge in [0.2, 0.25) is 5.91 Å². The van der Waals surface area contributed by atoms with Crippen LogP contribution < -0.4 is 5.32 Å². The van der Waals surface area contributed by atoms with Crippen LogP contribution in [0.2, 0.25) is 0 Å². The summed E-state index contributed by atoms with van der Waals surface area (Å²) >= 11 is 2.15. The maximum absolute atomic E-state index is 11.7. The lowest BCUT2D eigenvalue weighted by Crippen LogP contribution is -2.20. The summed E-state index contributed by atoms with van der Waals surface area (Å²) in [5.41, 5.74) is 0.872. The van der Waals surface area contributed by atoms with Gasteiger partial charge in [0.1, 0.15) is 12.4 Å². The first-order valence-corrected chi connectivity index (χ1v) is 6.11. The van der Waals surface area contributed by atoms with Crippen molar-refractivity contribution in [1.82, 2.24) is 19.6 Å². The van der Waals surface area contributed by atoms with E-state index in [1.54, 1.807) is 22.6 Å². The van der Waals surface area contributed by atoms with E-state index in [-0.39, 0.29) is 12.5 Å². The van der Waals surface area contributed by atoms with Crippen LogP contribution in [0.15, 0.2) is 18.5 Å². The summed E-state index contributed by atoms with van der Waals surface area (Å²) in [6.45, 7) is 2.08. The lowest BCUT2D eigenvalue weighted by Gasteiger charge is -2.04. The van der Waals surface area contributed by atoms with E-state index in [0.29, 0.717) is 5.82 Å². The highest BCUT2D eigenvalue weighted by atomic mass is 127. The van der Waals surface area contributed by atoms with Crippen LogP contribution >= 0.6 is 22.6 Å². The van der Waals surface area contributed by atoms with Crippen LogP contribution in [0.25, 0.3) is 0 Å². The number of aryl methyl sites for hydroxylation is 2. The Labute approximate surface area is 112 Å². The minimum atomic E-state index is -0.118.